The van der Waals surface area contributed by atoms with Crippen molar-refractivity contribution in [3.63, 3.8) is 0 Å². The van der Waals surface area contributed by atoms with Gasteiger partial charge in [0, 0.05) is 14.2 Å². The van der Waals surface area contributed by atoms with Crippen molar-refractivity contribution in [2.45, 2.75) is 44.9 Å². The molecule has 0 radical (unpaired) electrons. The van der Waals surface area contributed by atoms with Crippen LogP contribution >= 0.6 is 0 Å². The van der Waals surface area contributed by atoms with Gasteiger partial charge in [-0.15, -0.1) is 0 Å². The summed E-state index contributed by atoms with van der Waals surface area (Å²) in [6.07, 6.45) is 10.8. The molecule has 1 spiro atoms. The van der Waals surface area contributed by atoms with E-state index in [4.69, 9.17) is 10.2 Å². The van der Waals surface area contributed by atoms with Gasteiger partial charge < -0.3 is 10.2 Å². The fraction of sp³-hybridized carbons (Fsp3) is 1.00. The van der Waals surface area contributed by atoms with Crippen LogP contribution in [0.2, 0.25) is 0 Å². The number of hydrogen-bond donors (Lipinski definition) is 2. The first-order valence-electron chi connectivity index (χ1n) is 4.81. The van der Waals surface area contributed by atoms with Crippen molar-refractivity contribution in [2.75, 3.05) is 14.2 Å². The number of rotatable bonds is 0. The lowest BCUT2D eigenvalue weighted by Crippen LogP contribution is -2.24. The van der Waals surface area contributed by atoms with Crippen LogP contribution in [0.5, 0.6) is 0 Å². The zero-order chi connectivity index (χ0) is 9.45. The Balaban J connectivity index is 0.000000269. The molecule has 0 aromatic heterocycles. The van der Waals surface area contributed by atoms with Crippen molar-refractivity contribution in [1.29, 1.82) is 0 Å². The summed E-state index contributed by atoms with van der Waals surface area (Å²) in [4.78, 5) is 0. The van der Waals surface area contributed by atoms with E-state index in [9.17, 15) is 0 Å². The molecule has 2 nitrogen and oxygen atoms in total. The van der Waals surface area contributed by atoms with Gasteiger partial charge in [-0.25, -0.2) is 0 Å². The molecule has 0 aliphatic heterocycles. The third-order valence-corrected chi connectivity index (χ3v) is 3.08. The minimum absolute atomic E-state index is 0.917. The highest BCUT2D eigenvalue weighted by Crippen LogP contribution is 2.52. The minimum Gasteiger partial charge on any atom is -0.400 e. The van der Waals surface area contributed by atoms with Gasteiger partial charge in [0.15, 0.2) is 0 Å². The maximum Gasteiger partial charge on any atom is 0.0319 e. The summed E-state index contributed by atoms with van der Waals surface area (Å²) in [5.41, 5.74) is 0.917. The molecule has 2 saturated carbocycles. The zero-order valence-corrected chi connectivity index (χ0v) is 8.34. The van der Waals surface area contributed by atoms with Gasteiger partial charge in [-0.3, -0.25) is 0 Å². The highest BCUT2D eigenvalue weighted by molar-refractivity contribution is 4.90. The van der Waals surface area contributed by atoms with Crippen molar-refractivity contribution in [2.24, 2.45) is 5.41 Å². The molecule has 0 saturated heterocycles. The Labute approximate surface area is 75.6 Å². The molecule has 2 fully saturated rings. The smallest absolute Gasteiger partial charge is 0.0319 e. The first kappa shape index (κ1) is 11.9. The fourth-order valence-electron chi connectivity index (χ4n) is 2.30. The van der Waals surface area contributed by atoms with E-state index in [2.05, 4.69) is 0 Å². The highest BCUT2D eigenvalue weighted by atomic mass is 16.2. The molecule has 0 atom stereocenters. The Morgan fingerprint density at radius 1 is 0.667 bits per heavy atom. The average molecular weight is 174 g/mol. The molecule has 74 valence electrons. The van der Waals surface area contributed by atoms with Crippen molar-refractivity contribution >= 4 is 0 Å². The van der Waals surface area contributed by atoms with E-state index in [0.29, 0.717) is 0 Å². The highest BCUT2D eigenvalue weighted by Gasteiger charge is 2.38. The third kappa shape index (κ3) is 2.76. The molecule has 0 aromatic rings. The molecule has 2 aliphatic rings. The predicted molar refractivity (Wildman–Crippen MR) is 51.0 cm³/mol. The van der Waals surface area contributed by atoms with Gasteiger partial charge in [0.2, 0.25) is 0 Å². The Morgan fingerprint density at radius 2 is 1.00 bits per heavy atom. The van der Waals surface area contributed by atoms with Crippen LogP contribution in [-0.2, 0) is 0 Å². The van der Waals surface area contributed by atoms with Gasteiger partial charge in [-0.2, -0.15) is 0 Å². The first-order chi connectivity index (χ1) is 5.91. The van der Waals surface area contributed by atoms with Crippen molar-refractivity contribution < 1.29 is 10.2 Å². The molecule has 2 aliphatic carbocycles. The summed E-state index contributed by atoms with van der Waals surface area (Å²) < 4.78 is 0. The van der Waals surface area contributed by atoms with E-state index < -0.39 is 0 Å². The van der Waals surface area contributed by atoms with E-state index >= 15 is 0 Å². The molecular formula is C10H22O2. The van der Waals surface area contributed by atoms with E-state index in [1.807, 2.05) is 0 Å². The Bertz CT molecular complexity index is 90.0. The zero-order valence-electron chi connectivity index (χ0n) is 8.34. The van der Waals surface area contributed by atoms with Crippen LogP contribution in [0.3, 0.4) is 0 Å². The standard InChI is InChI=1S/C8H14.2CH4O/c1-2-5-8(4-1)6-3-7-8;2*1-2/h1-7H2;2*2H,1H3. The fourth-order valence-corrected chi connectivity index (χ4v) is 2.30. The summed E-state index contributed by atoms with van der Waals surface area (Å²) >= 11 is 0. The third-order valence-electron chi connectivity index (χ3n) is 3.08. The lowest BCUT2D eigenvalue weighted by Gasteiger charge is -2.38. The number of aliphatic hydroxyl groups excluding tert-OH is 2. The molecule has 12 heavy (non-hydrogen) atoms. The summed E-state index contributed by atoms with van der Waals surface area (Å²) in [6, 6.07) is 0. The normalized spacial score (nSPS) is 23.0. The Hall–Kier alpha value is -0.0800. The Morgan fingerprint density at radius 3 is 1.17 bits per heavy atom. The lowest BCUT2D eigenvalue weighted by atomic mass is 9.68. The van der Waals surface area contributed by atoms with Crippen LogP contribution < -0.4 is 0 Å². The lowest BCUT2D eigenvalue weighted by molar-refractivity contribution is 0.144. The van der Waals surface area contributed by atoms with Crippen molar-refractivity contribution in [1.82, 2.24) is 0 Å². The van der Waals surface area contributed by atoms with Crippen LogP contribution in [0.1, 0.15) is 44.9 Å². The summed E-state index contributed by atoms with van der Waals surface area (Å²) in [7, 11) is 2.00. The topological polar surface area (TPSA) is 40.5 Å². The predicted octanol–water partition coefficient (Wildman–Crippen LogP) is 1.95. The molecule has 0 amide bonds. The number of aliphatic hydroxyl groups is 2. The van der Waals surface area contributed by atoms with Crippen LogP contribution in [0.15, 0.2) is 0 Å². The largest absolute Gasteiger partial charge is 0.400 e. The molecule has 0 heterocycles. The van der Waals surface area contributed by atoms with Crippen molar-refractivity contribution in [3.8, 4) is 0 Å². The van der Waals surface area contributed by atoms with Gasteiger partial charge in [0.1, 0.15) is 0 Å². The number of hydrogen-bond acceptors (Lipinski definition) is 2. The second kappa shape index (κ2) is 6.44. The molecule has 2 rings (SSSR count). The second-order valence-corrected chi connectivity index (χ2v) is 3.56. The summed E-state index contributed by atoms with van der Waals surface area (Å²) in [5, 5.41) is 14.0. The SMILES string of the molecule is C1CCC2(C1)CCC2.CO.CO. The Kier molecular flexibility index (Phi) is 6.39. The molecule has 0 aromatic carbocycles. The van der Waals surface area contributed by atoms with E-state index in [0.717, 1.165) is 19.6 Å². The van der Waals surface area contributed by atoms with E-state index in [1.165, 1.54) is 19.3 Å². The molecule has 0 bridgehead atoms. The van der Waals surface area contributed by atoms with Gasteiger partial charge in [-0.05, 0) is 31.1 Å². The van der Waals surface area contributed by atoms with Crippen LogP contribution in [0.4, 0.5) is 0 Å². The minimum atomic E-state index is 0.917. The molecular weight excluding hydrogens is 152 g/mol. The van der Waals surface area contributed by atoms with E-state index in [1.54, 1.807) is 25.7 Å². The molecule has 2 N–H and O–H groups in total. The monoisotopic (exact) mass is 174 g/mol. The second-order valence-electron chi connectivity index (χ2n) is 3.56. The maximum absolute atomic E-state index is 7.00. The van der Waals surface area contributed by atoms with Crippen molar-refractivity contribution in [3.05, 3.63) is 0 Å². The quantitative estimate of drug-likeness (QED) is 0.589. The van der Waals surface area contributed by atoms with Gasteiger partial charge in [0.25, 0.3) is 0 Å². The van der Waals surface area contributed by atoms with Crippen LogP contribution in [0, 0.1) is 5.41 Å². The molecule has 2 heteroatoms. The van der Waals surface area contributed by atoms with Gasteiger partial charge in [0.05, 0.1) is 0 Å². The van der Waals surface area contributed by atoms with Gasteiger partial charge >= 0.3 is 0 Å². The van der Waals surface area contributed by atoms with E-state index in [-0.39, 0.29) is 0 Å². The first-order valence-corrected chi connectivity index (χ1v) is 4.81. The van der Waals surface area contributed by atoms with Crippen LogP contribution in [0.25, 0.3) is 0 Å². The average Bonchev–Trinajstić information content (AvgIpc) is 2.59. The molecule has 0 unspecified atom stereocenters. The summed E-state index contributed by atoms with van der Waals surface area (Å²) in [6.45, 7) is 0. The maximum atomic E-state index is 7.00. The van der Waals surface area contributed by atoms with Crippen LogP contribution in [-0.4, -0.2) is 24.4 Å². The van der Waals surface area contributed by atoms with Gasteiger partial charge in [-0.1, -0.05) is 19.3 Å². The summed E-state index contributed by atoms with van der Waals surface area (Å²) in [5.74, 6) is 0.